The quantitative estimate of drug-likeness (QED) is 0.395. The van der Waals surface area contributed by atoms with Crippen molar-refractivity contribution in [1.82, 2.24) is 19.6 Å². The largest absolute Gasteiger partial charge is 0.489 e. The number of nitrogens with zero attached hydrogens (tertiary/aromatic N) is 4. The SMILES string of the molecule is CSc1nn2c(-c3nc4ccc(OCc5ccccc5)cc4o3)cnc2s1. The zero-order valence-electron chi connectivity index (χ0n) is 14.3. The molecule has 134 valence electrons. The topological polar surface area (TPSA) is 65.5 Å². The molecule has 0 aliphatic rings. The lowest BCUT2D eigenvalue weighted by atomic mass is 10.2. The van der Waals surface area contributed by atoms with Crippen molar-refractivity contribution in [2.45, 2.75) is 10.9 Å². The van der Waals surface area contributed by atoms with Crippen LogP contribution in [0.5, 0.6) is 5.75 Å². The summed E-state index contributed by atoms with van der Waals surface area (Å²) in [5.74, 6) is 1.24. The minimum Gasteiger partial charge on any atom is -0.489 e. The van der Waals surface area contributed by atoms with E-state index in [1.54, 1.807) is 33.8 Å². The fourth-order valence-corrected chi connectivity index (χ4v) is 4.08. The standard InChI is InChI=1S/C19H14N4O2S2/c1-26-19-22-23-15(10-20-18(23)27-19)17-21-14-8-7-13(9-16(14)25-17)24-11-12-5-3-2-4-6-12/h2-10H,11H2,1H3. The number of rotatable bonds is 5. The van der Waals surface area contributed by atoms with Crippen LogP contribution in [0.1, 0.15) is 5.56 Å². The molecule has 3 heterocycles. The van der Waals surface area contributed by atoms with Gasteiger partial charge < -0.3 is 9.15 Å². The average Bonchev–Trinajstić information content (AvgIpc) is 3.39. The molecule has 0 N–H and O–H groups in total. The van der Waals surface area contributed by atoms with E-state index in [4.69, 9.17) is 9.15 Å². The number of benzene rings is 2. The van der Waals surface area contributed by atoms with Crippen LogP contribution in [0.4, 0.5) is 0 Å². The van der Waals surface area contributed by atoms with Gasteiger partial charge in [-0.25, -0.2) is 9.97 Å². The highest BCUT2D eigenvalue weighted by Gasteiger charge is 2.16. The smallest absolute Gasteiger partial charge is 0.248 e. The van der Waals surface area contributed by atoms with Crippen molar-refractivity contribution in [3.05, 3.63) is 60.3 Å². The molecule has 0 unspecified atom stereocenters. The zero-order chi connectivity index (χ0) is 18.2. The van der Waals surface area contributed by atoms with Crippen LogP contribution in [0.2, 0.25) is 0 Å². The highest BCUT2D eigenvalue weighted by atomic mass is 32.2. The van der Waals surface area contributed by atoms with Crippen molar-refractivity contribution in [3.8, 4) is 17.3 Å². The zero-order valence-corrected chi connectivity index (χ0v) is 16.0. The summed E-state index contributed by atoms with van der Waals surface area (Å²) in [5, 5.41) is 4.53. The minimum absolute atomic E-state index is 0.496. The Labute approximate surface area is 162 Å². The van der Waals surface area contributed by atoms with Crippen LogP contribution < -0.4 is 4.74 Å². The summed E-state index contributed by atoms with van der Waals surface area (Å²) in [7, 11) is 0. The molecule has 5 aromatic rings. The highest BCUT2D eigenvalue weighted by Crippen LogP contribution is 2.30. The molecule has 0 radical (unpaired) electrons. The van der Waals surface area contributed by atoms with E-state index in [1.165, 1.54) is 0 Å². The molecular weight excluding hydrogens is 380 g/mol. The van der Waals surface area contributed by atoms with Crippen molar-refractivity contribution in [3.63, 3.8) is 0 Å². The second-order valence-electron chi connectivity index (χ2n) is 5.83. The van der Waals surface area contributed by atoms with Crippen LogP contribution in [-0.2, 0) is 6.61 Å². The molecule has 0 aliphatic heterocycles. The molecule has 0 bridgehead atoms. The number of oxazole rings is 1. The van der Waals surface area contributed by atoms with Crippen molar-refractivity contribution >= 4 is 39.2 Å². The van der Waals surface area contributed by atoms with Gasteiger partial charge in [-0.05, 0) is 24.0 Å². The Hall–Kier alpha value is -2.84. The third-order valence-electron chi connectivity index (χ3n) is 4.07. The Morgan fingerprint density at radius 1 is 1.19 bits per heavy atom. The summed E-state index contributed by atoms with van der Waals surface area (Å²) in [6, 6.07) is 15.7. The van der Waals surface area contributed by atoms with E-state index in [1.807, 2.05) is 54.8 Å². The molecule has 0 fully saturated rings. The fourth-order valence-electron chi connectivity index (χ4n) is 2.75. The van der Waals surface area contributed by atoms with Gasteiger partial charge in [-0.15, -0.1) is 5.10 Å². The third kappa shape index (κ3) is 3.07. The van der Waals surface area contributed by atoms with Gasteiger partial charge in [-0.3, -0.25) is 0 Å². The van der Waals surface area contributed by atoms with E-state index in [2.05, 4.69) is 15.1 Å². The van der Waals surface area contributed by atoms with Crippen LogP contribution in [0, 0.1) is 0 Å². The monoisotopic (exact) mass is 394 g/mol. The Bertz CT molecular complexity index is 1230. The number of ether oxygens (including phenoxy) is 1. The van der Waals surface area contributed by atoms with Gasteiger partial charge in [-0.2, -0.15) is 4.52 Å². The highest BCUT2D eigenvalue weighted by molar-refractivity contribution is 8.00. The van der Waals surface area contributed by atoms with E-state index in [0.717, 1.165) is 31.8 Å². The van der Waals surface area contributed by atoms with Crippen LogP contribution in [0.15, 0.2) is 63.5 Å². The number of thioether (sulfide) groups is 1. The first-order chi connectivity index (χ1) is 13.3. The predicted molar refractivity (Wildman–Crippen MR) is 106 cm³/mol. The summed E-state index contributed by atoms with van der Waals surface area (Å²) in [4.78, 5) is 9.79. The molecule has 6 nitrogen and oxygen atoms in total. The molecular formula is C19H14N4O2S2. The Kier molecular flexibility index (Phi) is 4.06. The number of hydrogen-bond donors (Lipinski definition) is 0. The second kappa shape index (κ2) is 6.71. The average molecular weight is 394 g/mol. The molecule has 2 aromatic carbocycles. The molecule has 0 atom stereocenters. The van der Waals surface area contributed by atoms with E-state index >= 15 is 0 Å². The maximum atomic E-state index is 5.96. The minimum atomic E-state index is 0.496. The summed E-state index contributed by atoms with van der Waals surface area (Å²) >= 11 is 3.13. The summed E-state index contributed by atoms with van der Waals surface area (Å²) in [6.45, 7) is 0.507. The van der Waals surface area contributed by atoms with E-state index in [0.29, 0.717) is 18.1 Å². The van der Waals surface area contributed by atoms with Gasteiger partial charge in [0.15, 0.2) is 9.92 Å². The van der Waals surface area contributed by atoms with Crippen molar-refractivity contribution in [2.24, 2.45) is 0 Å². The molecule has 0 spiro atoms. The predicted octanol–water partition coefficient (Wildman–Crippen LogP) is 4.90. The molecule has 0 aliphatic carbocycles. The van der Waals surface area contributed by atoms with E-state index < -0.39 is 0 Å². The van der Waals surface area contributed by atoms with Crippen LogP contribution in [-0.4, -0.2) is 25.8 Å². The molecule has 5 rings (SSSR count). The molecule has 27 heavy (non-hydrogen) atoms. The first kappa shape index (κ1) is 16.3. The van der Waals surface area contributed by atoms with E-state index in [-0.39, 0.29) is 0 Å². The molecule has 3 aromatic heterocycles. The Morgan fingerprint density at radius 2 is 2.07 bits per heavy atom. The number of fused-ring (bicyclic) bond motifs is 2. The first-order valence-corrected chi connectivity index (χ1v) is 10.3. The molecule has 8 heteroatoms. The van der Waals surface area contributed by atoms with Gasteiger partial charge in [0.2, 0.25) is 10.9 Å². The second-order valence-corrected chi connectivity index (χ2v) is 7.84. The molecule has 0 saturated carbocycles. The van der Waals surface area contributed by atoms with Gasteiger partial charge in [-0.1, -0.05) is 53.4 Å². The first-order valence-electron chi connectivity index (χ1n) is 8.26. The number of aromatic nitrogens is 4. The lowest BCUT2D eigenvalue weighted by molar-refractivity contribution is 0.306. The third-order valence-corrected chi connectivity index (χ3v) is 5.97. The number of imidazole rings is 1. The van der Waals surface area contributed by atoms with Crippen LogP contribution in [0.25, 0.3) is 27.6 Å². The van der Waals surface area contributed by atoms with Gasteiger partial charge in [0, 0.05) is 6.07 Å². The van der Waals surface area contributed by atoms with Crippen LogP contribution >= 0.6 is 23.1 Å². The van der Waals surface area contributed by atoms with Gasteiger partial charge in [0.1, 0.15) is 23.6 Å². The fraction of sp³-hybridized carbons (Fsp3) is 0.105. The summed E-state index contributed by atoms with van der Waals surface area (Å²) < 4.78 is 14.6. The van der Waals surface area contributed by atoms with Gasteiger partial charge in [0.25, 0.3) is 0 Å². The lowest BCUT2D eigenvalue weighted by Crippen LogP contribution is -1.94. The van der Waals surface area contributed by atoms with Gasteiger partial charge >= 0.3 is 0 Å². The maximum absolute atomic E-state index is 5.96. The molecule has 0 saturated heterocycles. The summed E-state index contributed by atoms with van der Waals surface area (Å²) in [6.07, 6.45) is 3.73. The number of hydrogen-bond acceptors (Lipinski definition) is 7. The maximum Gasteiger partial charge on any atom is 0.248 e. The van der Waals surface area contributed by atoms with Crippen molar-refractivity contribution < 1.29 is 9.15 Å². The van der Waals surface area contributed by atoms with Gasteiger partial charge in [0.05, 0.1) is 6.20 Å². The molecule has 0 amide bonds. The van der Waals surface area contributed by atoms with E-state index in [9.17, 15) is 0 Å². The van der Waals surface area contributed by atoms with Crippen LogP contribution in [0.3, 0.4) is 0 Å². The van der Waals surface area contributed by atoms with Crippen molar-refractivity contribution in [1.29, 1.82) is 0 Å². The Balaban J connectivity index is 1.45. The van der Waals surface area contributed by atoms with Crippen molar-refractivity contribution in [2.75, 3.05) is 6.26 Å². The normalized spacial score (nSPS) is 11.4. The summed E-state index contributed by atoms with van der Waals surface area (Å²) in [5.41, 5.74) is 3.30. The lowest BCUT2D eigenvalue weighted by Gasteiger charge is -2.05. The Morgan fingerprint density at radius 3 is 2.93 bits per heavy atom.